The highest BCUT2D eigenvalue weighted by molar-refractivity contribution is 7.81. The maximum Gasteiger partial charge on any atom is 0.420 e. The van der Waals surface area contributed by atoms with Gasteiger partial charge in [-0.15, -0.1) is 11.3 Å². The molecule has 4 amide bonds. The topological polar surface area (TPSA) is 164 Å². The number of hydrogen-bond donors (Lipinski definition) is 2. The van der Waals surface area contributed by atoms with Gasteiger partial charge in [0.05, 0.1) is 51.0 Å². The first-order chi connectivity index (χ1) is 35.1. The Kier molecular flexibility index (Phi) is 15.6. The van der Waals surface area contributed by atoms with Crippen LogP contribution < -0.4 is 25.2 Å². The van der Waals surface area contributed by atoms with Crippen LogP contribution in [0.5, 0.6) is 5.75 Å². The summed E-state index contributed by atoms with van der Waals surface area (Å²) >= 11 is 7.15. The summed E-state index contributed by atoms with van der Waals surface area (Å²) in [6.45, 7) is 13.4. The van der Waals surface area contributed by atoms with Gasteiger partial charge in [-0.2, -0.15) is 18.4 Å². The number of nitrogens with zero attached hydrogens (tertiary/aromatic N) is 7. The normalized spacial score (nSPS) is 17.9. The Balaban J connectivity index is 0.797. The molecule has 0 radical (unpaired) electrons. The average molecular weight is 1050 g/mol. The van der Waals surface area contributed by atoms with E-state index in [0.717, 1.165) is 52.2 Å². The first-order valence-corrected chi connectivity index (χ1v) is 25.7. The number of hydrogen-bond acceptors (Lipinski definition) is 11. The number of aryl methyl sites for hydroxylation is 1. The summed E-state index contributed by atoms with van der Waals surface area (Å²) in [6, 6.07) is 20.4. The number of ether oxygens (including phenoxy) is 1. The van der Waals surface area contributed by atoms with Crippen molar-refractivity contribution in [2.24, 2.45) is 5.41 Å². The van der Waals surface area contributed by atoms with E-state index in [1.54, 1.807) is 28.4 Å². The van der Waals surface area contributed by atoms with Gasteiger partial charge in [0.25, 0.3) is 5.91 Å². The number of piperidine rings is 1. The molecule has 5 aromatic rings. The van der Waals surface area contributed by atoms with Crippen LogP contribution >= 0.6 is 23.6 Å². The van der Waals surface area contributed by atoms with E-state index in [0.29, 0.717) is 67.6 Å². The number of thiocarbonyl (C=S) groups is 1. The van der Waals surface area contributed by atoms with E-state index in [4.69, 9.17) is 17.0 Å². The standard InChI is InChI=1S/C54H57F4N9O5S2/c1-32-46(74-31-62-32)35-11-9-33(10-12-35)29-61-48(69)42-8-7-24-65(42)49(70)47(52(2,3)4)63-43(68)23-27-64-25-21-39(22-26-64)72-38-17-13-34(14-18-38)40-19-16-37(30-60-40)67-51(73)66(50(71)53(67,5)6)41-20-15-36(28-59)44(45(41)55)54(56,57)58/h9-20,30-31,39,42,47H,7-8,21-27,29H2,1-6H3,(H,61,69)(H,63,68). The summed E-state index contributed by atoms with van der Waals surface area (Å²) in [5.41, 5.74) is 1.07. The molecule has 2 atom stereocenters. The zero-order valence-corrected chi connectivity index (χ0v) is 43.5. The smallest absolute Gasteiger partial charge is 0.420 e. The number of pyridine rings is 1. The largest absolute Gasteiger partial charge is 0.490 e. The highest BCUT2D eigenvalue weighted by Gasteiger charge is 2.52. The number of rotatable bonds is 14. The van der Waals surface area contributed by atoms with Crippen molar-refractivity contribution < 1.29 is 41.5 Å². The number of alkyl halides is 3. The molecule has 20 heteroatoms. The first-order valence-electron chi connectivity index (χ1n) is 24.4. The molecule has 0 bridgehead atoms. The van der Waals surface area contributed by atoms with Gasteiger partial charge in [0, 0.05) is 44.7 Å². The minimum atomic E-state index is -5.19. The predicted molar refractivity (Wildman–Crippen MR) is 277 cm³/mol. The van der Waals surface area contributed by atoms with E-state index >= 15 is 4.39 Å². The van der Waals surface area contributed by atoms with Crippen LogP contribution in [0.3, 0.4) is 0 Å². The summed E-state index contributed by atoms with van der Waals surface area (Å²) in [5.74, 6) is -2.57. The third-order valence-corrected chi connectivity index (χ3v) is 15.1. The van der Waals surface area contributed by atoms with Gasteiger partial charge in [-0.05, 0) is 124 Å². The molecule has 3 aromatic carbocycles. The summed E-state index contributed by atoms with van der Waals surface area (Å²) in [5, 5.41) is 15.0. The lowest BCUT2D eigenvalue weighted by Gasteiger charge is -2.36. The Labute approximate surface area is 436 Å². The monoisotopic (exact) mass is 1050 g/mol. The van der Waals surface area contributed by atoms with E-state index in [2.05, 4.69) is 25.5 Å². The molecule has 8 rings (SSSR count). The van der Waals surface area contributed by atoms with Crippen LogP contribution in [0.2, 0.25) is 0 Å². The molecule has 0 aliphatic carbocycles. The van der Waals surface area contributed by atoms with Gasteiger partial charge in [0.2, 0.25) is 17.7 Å². The Bertz CT molecular complexity index is 2960. The molecule has 3 saturated heterocycles. The molecule has 3 aliphatic heterocycles. The molecule has 2 aromatic heterocycles. The lowest BCUT2D eigenvalue weighted by molar-refractivity contribution is -0.144. The molecule has 0 spiro atoms. The second-order valence-corrected chi connectivity index (χ2v) is 21.5. The van der Waals surface area contributed by atoms with Gasteiger partial charge in [-0.25, -0.2) is 9.37 Å². The quantitative estimate of drug-likeness (QED) is 0.0805. The number of amides is 4. The van der Waals surface area contributed by atoms with Crippen LogP contribution in [0, 0.1) is 29.5 Å². The molecular formula is C54H57F4N9O5S2. The van der Waals surface area contributed by atoms with Crippen LogP contribution in [0.1, 0.15) is 89.1 Å². The number of benzene rings is 3. The maximum absolute atomic E-state index is 15.5. The molecular weight excluding hydrogens is 995 g/mol. The van der Waals surface area contributed by atoms with Crippen molar-refractivity contribution in [3.63, 3.8) is 0 Å². The molecule has 3 fully saturated rings. The van der Waals surface area contributed by atoms with Gasteiger partial charge in [0.1, 0.15) is 35.0 Å². The third-order valence-electron chi connectivity index (χ3n) is 13.8. The van der Waals surface area contributed by atoms with Gasteiger partial charge in [0.15, 0.2) is 10.9 Å². The fourth-order valence-electron chi connectivity index (χ4n) is 9.66. The summed E-state index contributed by atoms with van der Waals surface area (Å²) in [6.07, 6.45) is -0.852. The highest BCUT2D eigenvalue weighted by Crippen LogP contribution is 2.42. The van der Waals surface area contributed by atoms with E-state index < -0.39 is 57.8 Å². The first kappa shape index (κ1) is 53.5. The Morgan fingerprint density at radius 3 is 2.24 bits per heavy atom. The van der Waals surface area contributed by atoms with Crippen molar-refractivity contribution >= 4 is 63.7 Å². The van der Waals surface area contributed by atoms with Crippen LogP contribution in [-0.2, 0) is 31.9 Å². The van der Waals surface area contributed by atoms with E-state index in [1.165, 1.54) is 31.0 Å². The number of nitrogens with one attached hydrogen (secondary N) is 2. The van der Waals surface area contributed by atoms with Crippen molar-refractivity contribution in [2.75, 3.05) is 36.0 Å². The van der Waals surface area contributed by atoms with Gasteiger partial charge < -0.3 is 30.1 Å². The number of anilines is 2. The number of carbonyl (C=O) groups excluding carboxylic acids is 4. The van der Waals surface area contributed by atoms with Crippen LogP contribution in [0.4, 0.5) is 28.9 Å². The average Bonchev–Trinajstić information content (AvgIpc) is 4.08. The minimum absolute atomic E-state index is 0.0522. The molecule has 3 aliphatic rings. The lowest BCUT2D eigenvalue weighted by Crippen LogP contribution is -2.57. The fraction of sp³-hybridized carbons (Fsp3) is 0.407. The SMILES string of the molecule is Cc1ncsc1-c1ccc(CNC(=O)C2CCCN2C(=O)C(NC(=O)CCN2CCC(Oc3ccc(-c4ccc(N5C(=S)N(c6ccc(C#N)c(C(F)(F)F)c6F)C(=O)C5(C)C)cn4)cc3)CC2)C(C)(C)C)cc1. The number of thiazole rings is 1. The molecule has 74 heavy (non-hydrogen) atoms. The summed E-state index contributed by atoms with van der Waals surface area (Å²) in [7, 11) is 0. The van der Waals surface area contributed by atoms with Crippen molar-refractivity contribution in [1.82, 2.24) is 30.4 Å². The van der Waals surface area contributed by atoms with Crippen LogP contribution in [0.25, 0.3) is 21.7 Å². The van der Waals surface area contributed by atoms with E-state index in [9.17, 15) is 37.6 Å². The molecule has 14 nitrogen and oxygen atoms in total. The number of nitriles is 1. The van der Waals surface area contributed by atoms with Gasteiger partial charge in [-0.1, -0.05) is 45.0 Å². The van der Waals surface area contributed by atoms with E-state index in [-0.39, 0.29) is 35.4 Å². The van der Waals surface area contributed by atoms with Crippen LogP contribution in [-0.4, -0.2) is 98.4 Å². The summed E-state index contributed by atoms with van der Waals surface area (Å²) in [4.78, 5) is 70.7. The van der Waals surface area contributed by atoms with Crippen molar-refractivity contribution in [2.45, 2.75) is 110 Å². The Morgan fingerprint density at radius 1 is 0.946 bits per heavy atom. The molecule has 2 unspecified atom stereocenters. The maximum atomic E-state index is 15.5. The molecule has 2 N–H and O–H groups in total. The van der Waals surface area contributed by atoms with Crippen LogP contribution in [0.15, 0.2) is 84.5 Å². The number of halogens is 4. The number of aromatic nitrogens is 2. The number of carbonyl (C=O) groups is 4. The molecule has 388 valence electrons. The van der Waals surface area contributed by atoms with Crippen molar-refractivity contribution in [3.05, 3.63) is 113 Å². The van der Waals surface area contributed by atoms with Gasteiger partial charge in [-0.3, -0.25) is 29.1 Å². The lowest BCUT2D eigenvalue weighted by atomic mass is 9.85. The summed E-state index contributed by atoms with van der Waals surface area (Å²) < 4.78 is 63.3. The Morgan fingerprint density at radius 2 is 1.64 bits per heavy atom. The third kappa shape index (κ3) is 11.3. The zero-order valence-electron chi connectivity index (χ0n) is 41.9. The fourth-order valence-corrected chi connectivity index (χ4v) is 11.0. The van der Waals surface area contributed by atoms with Gasteiger partial charge >= 0.3 is 6.18 Å². The second-order valence-electron chi connectivity index (χ2n) is 20.3. The molecule has 0 saturated carbocycles. The Hall–Kier alpha value is -6.82. The van der Waals surface area contributed by atoms with Crippen molar-refractivity contribution in [3.8, 4) is 33.5 Å². The minimum Gasteiger partial charge on any atom is -0.490 e. The second kappa shape index (κ2) is 21.6. The zero-order chi connectivity index (χ0) is 53.3. The highest BCUT2D eigenvalue weighted by atomic mass is 32.1. The van der Waals surface area contributed by atoms with Crippen molar-refractivity contribution in [1.29, 1.82) is 5.26 Å². The van der Waals surface area contributed by atoms with E-state index in [1.807, 2.05) is 81.7 Å². The number of likely N-dealkylation sites (tertiary alicyclic amines) is 2. The molecule has 5 heterocycles. The predicted octanol–water partition coefficient (Wildman–Crippen LogP) is 9.20.